The molecule has 3 aliphatic heterocycles. The van der Waals surface area contributed by atoms with Gasteiger partial charge in [0, 0.05) is 41.9 Å². The van der Waals surface area contributed by atoms with E-state index >= 15 is 0 Å². The zero-order valence-electron chi connectivity index (χ0n) is 29.2. The van der Waals surface area contributed by atoms with Crippen molar-refractivity contribution in [2.45, 2.75) is 115 Å². The van der Waals surface area contributed by atoms with E-state index in [4.69, 9.17) is 24.4 Å². The van der Waals surface area contributed by atoms with Crippen molar-refractivity contribution in [3.05, 3.63) is 69.7 Å². The summed E-state index contributed by atoms with van der Waals surface area (Å²) in [6.07, 6.45) is 8.10. The van der Waals surface area contributed by atoms with Crippen LogP contribution < -0.4 is 21.2 Å². The number of nitrogens with zero attached hydrogens (tertiary/aromatic N) is 2. The van der Waals surface area contributed by atoms with Gasteiger partial charge >= 0.3 is 5.97 Å². The van der Waals surface area contributed by atoms with Gasteiger partial charge in [0.25, 0.3) is 0 Å². The molecule has 4 aromatic rings. The summed E-state index contributed by atoms with van der Waals surface area (Å²) in [6, 6.07) is 10.8. The first kappa shape index (κ1) is 33.8. The highest BCUT2D eigenvalue weighted by atomic mass is 16.7. The van der Waals surface area contributed by atoms with Gasteiger partial charge in [-0.25, -0.2) is 14.8 Å². The standard InChI is InChI=1S/C39H46N4O7/c1-5-6-9-15-41-32-20-24(13-16-42-32)26-18-23(19-31(40)43-26)11-12-30-39(50-30)14-8-7-10-25-33-29(49-38(3,4)36(25)48-37(39)46)21-28-34(35(33)45)27(44)17-22(2)47-28/h13,16-21,25,30,36,45H,5-12,14-15H2,1-4H3,(H2,40,43)(H,41,42)/t25-,30+,36+,39-/m0/s1. The van der Waals surface area contributed by atoms with Gasteiger partial charge in [0.1, 0.15) is 51.6 Å². The molecule has 0 bridgehead atoms. The quantitative estimate of drug-likeness (QED) is 0.0950. The van der Waals surface area contributed by atoms with E-state index < -0.39 is 23.3 Å². The Kier molecular flexibility index (Phi) is 8.96. The van der Waals surface area contributed by atoms with Gasteiger partial charge in [-0.15, -0.1) is 0 Å². The van der Waals surface area contributed by atoms with Crippen LogP contribution >= 0.6 is 0 Å². The number of hydrogen-bond donors (Lipinski definition) is 3. The van der Waals surface area contributed by atoms with Gasteiger partial charge in [-0.05, 0) is 89.1 Å². The first-order chi connectivity index (χ1) is 24.0. The minimum absolute atomic E-state index is 0.105. The fourth-order valence-corrected chi connectivity index (χ4v) is 7.81. The molecule has 4 N–H and O–H groups in total. The van der Waals surface area contributed by atoms with Gasteiger partial charge in [-0.3, -0.25) is 4.79 Å². The maximum absolute atomic E-state index is 14.0. The largest absolute Gasteiger partial charge is 0.507 e. The number of pyridine rings is 2. The Bertz CT molecular complexity index is 1990. The number of hydrogen-bond acceptors (Lipinski definition) is 11. The van der Waals surface area contributed by atoms with Crippen LogP contribution in [0.3, 0.4) is 0 Å². The molecule has 3 aliphatic rings. The fourth-order valence-electron chi connectivity index (χ4n) is 7.81. The number of epoxide rings is 1. The zero-order valence-corrected chi connectivity index (χ0v) is 29.2. The molecule has 4 atom stereocenters. The van der Waals surface area contributed by atoms with E-state index in [-0.39, 0.29) is 34.2 Å². The molecule has 1 aromatic carbocycles. The number of phenols is 1. The molecule has 0 radical (unpaired) electrons. The van der Waals surface area contributed by atoms with E-state index in [9.17, 15) is 14.7 Å². The number of unbranched alkanes of at least 4 members (excludes halogenated alkanes) is 2. The SMILES string of the molecule is CCCCCNc1cc(-c2cc(CC[C@H]3O[C@@]34CCCC[C@H]3c5c(cc6oc(C)cc(=O)c6c5O)OC(C)(C)[C@@H]3OC4=O)cc(N)n2)ccn1. The number of nitrogen functional groups attached to an aromatic ring is 1. The molecule has 7 rings (SSSR count). The van der Waals surface area contributed by atoms with Crippen LogP contribution in [0.1, 0.15) is 94.9 Å². The van der Waals surface area contributed by atoms with Crippen LogP contribution in [-0.4, -0.2) is 51.0 Å². The third-order valence-corrected chi connectivity index (χ3v) is 10.4. The van der Waals surface area contributed by atoms with E-state index in [0.29, 0.717) is 48.6 Å². The van der Waals surface area contributed by atoms with Gasteiger partial charge in [0.2, 0.25) is 0 Å². The Morgan fingerprint density at radius 3 is 2.76 bits per heavy atom. The number of aromatic hydroxyl groups is 1. The van der Waals surface area contributed by atoms with Crippen LogP contribution in [0.25, 0.3) is 22.2 Å². The predicted molar refractivity (Wildman–Crippen MR) is 191 cm³/mol. The van der Waals surface area contributed by atoms with Crippen molar-refractivity contribution in [1.82, 2.24) is 9.97 Å². The molecule has 2 saturated heterocycles. The second-order valence-corrected chi connectivity index (χ2v) is 14.5. The zero-order chi connectivity index (χ0) is 35.2. The number of nitrogens with two attached hydrogens (primary N) is 1. The van der Waals surface area contributed by atoms with Crippen molar-refractivity contribution >= 4 is 28.6 Å². The van der Waals surface area contributed by atoms with Gasteiger partial charge in [0.15, 0.2) is 11.0 Å². The fraction of sp³-hybridized carbons (Fsp3) is 0.487. The van der Waals surface area contributed by atoms with Crippen molar-refractivity contribution in [2.24, 2.45) is 0 Å². The lowest BCUT2D eigenvalue weighted by atomic mass is 9.77. The average Bonchev–Trinajstić information content (AvgIpc) is 3.77. The summed E-state index contributed by atoms with van der Waals surface area (Å²) in [7, 11) is 0. The Morgan fingerprint density at radius 1 is 1.10 bits per heavy atom. The molecule has 3 aromatic heterocycles. The molecule has 0 saturated carbocycles. The first-order valence-corrected chi connectivity index (χ1v) is 17.8. The molecule has 11 nitrogen and oxygen atoms in total. The summed E-state index contributed by atoms with van der Waals surface area (Å²) >= 11 is 0. The van der Waals surface area contributed by atoms with Crippen molar-refractivity contribution < 1.29 is 28.5 Å². The molecule has 264 valence electrons. The molecule has 11 heteroatoms. The second kappa shape index (κ2) is 13.2. The number of esters is 1. The molecular formula is C39H46N4O7. The highest BCUT2D eigenvalue weighted by Crippen LogP contribution is 2.53. The maximum Gasteiger partial charge on any atom is 0.341 e. The molecule has 0 aliphatic carbocycles. The number of carbonyl (C=O) groups is 1. The Labute approximate surface area is 291 Å². The monoisotopic (exact) mass is 682 g/mol. The van der Waals surface area contributed by atoms with Gasteiger partial charge in [-0.2, -0.15) is 0 Å². The molecule has 6 heterocycles. The van der Waals surface area contributed by atoms with Crippen molar-refractivity contribution in [1.29, 1.82) is 0 Å². The van der Waals surface area contributed by atoms with Crippen LogP contribution in [0.2, 0.25) is 0 Å². The van der Waals surface area contributed by atoms with Crippen molar-refractivity contribution in [3.63, 3.8) is 0 Å². The number of benzene rings is 1. The normalized spacial score (nSPS) is 23.9. The van der Waals surface area contributed by atoms with E-state index in [1.54, 1.807) is 19.2 Å². The smallest absolute Gasteiger partial charge is 0.341 e. The summed E-state index contributed by atoms with van der Waals surface area (Å²) < 4.78 is 24.7. The Hall–Kier alpha value is -4.64. The van der Waals surface area contributed by atoms with E-state index in [1.807, 2.05) is 38.1 Å². The minimum Gasteiger partial charge on any atom is -0.507 e. The number of phenolic OH excluding ortho intramolecular Hbond substituents is 1. The number of ether oxygens (including phenoxy) is 3. The summed E-state index contributed by atoms with van der Waals surface area (Å²) in [4.78, 5) is 36.0. The number of anilines is 2. The lowest BCUT2D eigenvalue weighted by molar-refractivity contribution is -0.170. The molecule has 0 amide bonds. The summed E-state index contributed by atoms with van der Waals surface area (Å²) in [6.45, 7) is 8.49. The van der Waals surface area contributed by atoms with E-state index in [2.05, 4.69) is 22.2 Å². The number of carbonyl (C=O) groups excluding carboxylic acids is 1. The number of aromatic nitrogens is 2. The lowest BCUT2D eigenvalue weighted by Gasteiger charge is -2.44. The second-order valence-electron chi connectivity index (χ2n) is 14.5. The minimum atomic E-state index is -1.04. The molecule has 1 spiro atoms. The predicted octanol–water partition coefficient (Wildman–Crippen LogP) is 6.96. The van der Waals surface area contributed by atoms with E-state index in [0.717, 1.165) is 54.9 Å². The summed E-state index contributed by atoms with van der Waals surface area (Å²) in [5.41, 5.74) is 7.41. The van der Waals surface area contributed by atoms with Crippen molar-refractivity contribution in [3.8, 4) is 22.8 Å². The van der Waals surface area contributed by atoms with Crippen LogP contribution in [0.15, 0.2) is 51.8 Å². The van der Waals surface area contributed by atoms with Crippen LogP contribution in [0, 0.1) is 6.92 Å². The highest BCUT2D eigenvalue weighted by molar-refractivity contribution is 5.88. The molecule has 2 fully saturated rings. The molecule has 0 unspecified atom stereocenters. The Morgan fingerprint density at radius 2 is 1.94 bits per heavy atom. The molecule has 50 heavy (non-hydrogen) atoms. The van der Waals surface area contributed by atoms with Gasteiger partial charge < -0.3 is 34.8 Å². The number of fused-ring (bicyclic) bond motifs is 4. The summed E-state index contributed by atoms with van der Waals surface area (Å²) in [5, 5.41) is 15.0. The van der Waals surface area contributed by atoms with Gasteiger partial charge in [0.05, 0.1) is 11.8 Å². The molecular weight excluding hydrogens is 636 g/mol. The topological polar surface area (TPSA) is 162 Å². The Balaban J connectivity index is 1.08. The third-order valence-electron chi connectivity index (χ3n) is 10.4. The average molecular weight is 683 g/mol. The van der Waals surface area contributed by atoms with Crippen LogP contribution in [0.5, 0.6) is 11.5 Å². The van der Waals surface area contributed by atoms with Crippen molar-refractivity contribution in [2.75, 3.05) is 17.6 Å². The first-order valence-electron chi connectivity index (χ1n) is 17.8. The highest BCUT2D eigenvalue weighted by Gasteiger charge is 2.64. The number of aryl methyl sites for hydroxylation is 2. The lowest BCUT2D eigenvalue weighted by Crippen LogP contribution is -2.52. The number of nitrogens with one attached hydrogen (secondary N) is 1. The maximum atomic E-state index is 14.0. The van der Waals surface area contributed by atoms with Crippen LogP contribution in [0.4, 0.5) is 11.6 Å². The summed E-state index contributed by atoms with van der Waals surface area (Å²) in [5.74, 6) is 1.13. The van der Waals surface area contributed by atoms with Gasteiger partial charge in [-0.1, -0.05) is 26.2 Å². The van der Waals surface area contributed by atoms with Crippen LogP contribution in [-0.2, 0) is 20.7 Å². The van der Waals surface area contributed by atoms with E-state index in [1.165, 1.54) is 12.5 Å². The number of rotatable bonds is 9. The third kappa shape index (κ3) is 6.39.